The molecular formula is C44H29N3OS. The van der Waals surface area contributed by atoms with Crippen LogP contribution in [0.1, 0.15) is 0 Å². The molecule has 0 saturated carbocycles. The fraction of sp³-hybridized carbons (Fsp3) is 0. The van der Waals surface area contributed by atoms with E-state index in [1.54, 1.807) is 0 Å². The maximum atomic E-state index is 15.1. The van der Waals surface area contributed by atoms with Gasteiger partial charge in [0.25, 0.3) is 0 Å². The summed E-state index contributed by atoms with van der Waals surface area (Å²) >= 11 is 0. The fourth-order valence-corrected chi connectivity index (χ4v) is 9.66. The third kappa shape index (κ3) is 4.13. The van der Waals surface area contributed by atoms with E-state index in [-0.39, 0.29) is 0 Å². The van der Waals surface area contributed by atoms with E-state index in [9.17, 15) is 0 Å². The summed E-state index contributed by atoms with van der Waals surface area (Å²) in [4.78, 5) is 1.46. The van der Waals surface area contributed by atoms with Crippen molar-refractivity contribution in [2.75, 3.05) is 0 Å². The smallest absolute Gasteiger partial charge is 0.156 e. The van der Waals surface area contributed by atoms with Crippen LogP contribution in [0, 0.1) is 0 Å². The standard InChI is InChI=1S/C44H29N3OS/c48-49(34-18-8-3-9-19-34)42-23-13-11-21-36(42)43-38-29-31(25-27-41(38)47(44(43)45-49)33-16-6-2-7-17-33)30-24-26-40-37(28-30)35-20-10-12-22-39(35)46(40)32-14-4-1-5-15-32/h1-29H. The van der Waals surface area contributed by atoms with Crippen molar-refractivity contribution >= 4 is 48.3 Å². The summed E-state index contributed by atoms with van der Waals surface area (Å²) in [5, 5.41) is 3.51. The Bertz CT molecular complexity index is 2860. The van der Waals surface area contributed by atoms with Crippen LogP contribution in [0.25, 0.3) is 66.3 Å². The Kier molecular flexibility index (Phi) is 6.08. The molecule has 1 atom stereocenters. The lowest BCUT2D eigenvalue weighted by Gasteiger charge is -2.21. The van der Waals surface area contributed by atoms with Gasteiger partial charge in [0.15, 0.2) is 5.82 Å². The van der Waals surface area contributed by atoms with Gasteiger partial charge in [0, 0.05) is 38.7 Å². The van der Waals surface area contributed by atoms with Gasteiger partial charge in [0.2, 0.25) is 0 Å². The van der Waals surface area contributed by atoms with Crippen molar-refractivity contribution in [3.05, 3.63) is 176 Å². The maximum Gasteiger partial charge on any atom is 0.156 e. The van der Waals surface area contributed by atoms with Gasteiger partial charge in [0.05, 0.1) is 26.3 Å². The highest BCUT2D eigenvalue weighted by atomic mass is 32.2. The Morgan fingerprint density at radius 1 is 0.449 bits per heavy atom. The number of para-hydroxylation sites is 3. The average Bonchev–Trinajstić information content (AvgIpc) is 3.68. The van der Waals surface area contributed by atoms with E-state index in [0.717, 1.165) is 49.4 Å². The number of nitrogens with zero attached hydrogens (tertiary/aromatic N) is 3. The SMILES string of the molecule is O=S1(c2ccccc2)=Nc2c(c3cc(-c4ccc5c(c4)c4ccccc4n5-c4ccccc4)ccc3n2-c2ccccc2)-c2ccccc21. The molecule has 0 saturated heterocycles. The summed E-state index contributed by atoms with van der Waals surface area (Å²) in [5.41, 5.74) is 9.73. The zero-order chi connectivity index (χ0) is 32.5. The van der Waals surface area contributed by atoms with E-state index in [0.29, 0.717) is 10.7 Å². The summed E-state index contributed by atoms with van der Waals surface area (Å²) in [5.74, 6) is 0.715. The Morgan fingerprint density at radius 3 is 1.69 bits per heavy atom. The van der Waals surface area contributed by atoms with E-state index < -0.39 is 9.73 Å². The molecule has 0 bridgehead atoms. The van der Waals surface area contributed by atoms with Crippen molar-refractivity contribution in [3.63, 3.8) is 0 Å². The van der Waals surface area contributed by atoms with Crippen LogP contribution in [-0.2, 0) is 9.73 Å². The Morgan fingerprint density at radius 2 is 0.980 bits per heavy atom. The van der Waals surface area contributed by atoms with Crippen LogP contribution in [0.15, 0.2) is 190 Å². The number of aromatic nitrogens is 2. The summed E-state index contributed by atoms with van der Waals surface area (Å²) < 4.78 is 24.8. The third-order valence-electron chi connectivity index (χ3n) is 9.71. The van der Waals surface area contributed by atoms with Crippen molar-refractivity contribution in [1.29, 1.82) is 0 Å². The van der Waals surface area contributed by atoms with Crippen LogP contribution >= 0.6 is 0 Å². The largest absolute Gasteiger partial charge is 0.309 e. The predicted molar refractivity (Wildman–Crippen MR) is 202 cm³/mol. The second-order valence-corrected chi connectivity index (χ2v) is 14.6. The lowest BCUT2D eigenvalue weighted by atomic mass is 9.98. The number of hydrogen-bond acceptors (Lipinski definition) is 2. The lowest BCUT2D eigenvalue weighted by Crippen LogP contribution is -2.08. The first-order valence-electron chi connectivity index (χ1n) is 16.4. The molecule has 0 N–H and O–H groups in total. The van der Waals surface area contributed by atoms with Gasteiger partial charge in [-0.1, -0.05) is 103 Å². The topological polar surface area (TPSA) is 39.3 Å². The first-order valence-corrected chi connectivity index (χ1v) is 18.0. The molecule has 4 nitrogen and oxygen atoms in total. The molecule has 7 aromatic carbocycles. The summed E-state index contributed by atoms with van der Waals surface area (Å²) in [7, 11) is -2.95. The highest BCUT2D eigenvalue weighted by Gasteiger charge is 2.31. The van der Waals surface area contributed by atoms with E-state index in [4.69, 9.17) is 4.36 Å². The van der Waals surface area contributed by atoms with Crippen molar-refractivity contribution in [3.8, 4) is 33.6 Å². The Hall–Kier alpha value is -6.17. The van der Waals surface area contributed by atoms with Gasteiger partial charge in [-0.05, 0) is 83.9 Å². The quantitative estimate of drug-likeness (QED) is 0.187. The first kappa shape index (κ1) is 27.9. The van der Waals surface area contributed by atoms with E-state index in [1.165, 1.54) is 21.8 Å². The Balaban J connectivity index is 1.25. The average molecular weight is 648 g/mol. The van der Waals surface area contributed by atoms with Crippen LogP contribution in [0.3, 0.4) is 0 Å². The van der Waals surface area contributed by atoms with E-state index in [1.807, 2.05) is 66.7 Å². The van der Waals surface area contributed by atoms with Crippen molar-refractivity contribution < 1.29 is 4.21 Å². The molecule has 49 heavy (non-hydrogen) atoms. The molecule has 10 rings (SSSR count). The molecule has 1 aliphatic heterocycles. The summed E-state index contributed by atoms with van der Waals surface area (Å²) in [6.07, 6.45) is 0. The molecule has 0 spiro atoms. The monoisotopic (exact) mass is 647 g/mol. The third-order valence-corrected chi connectivity index (χ3v) is 12.0. The van der Waals surface area contributed by atoms with Crippen LogP contribution in [0.4, 0.5) is 5.82 Å². The van der Waals surface area contributed by atoms with Gasteiger partial charge in [-0.25, -0.2) is 4.21 Å². The number of benzene rings is 7. The second kappa shape index (κ2) is 10.7. The number of rotatable bonds is 4. The molecule has 0 amide bonds. The minimum atomic E-state index is -2.95. The highest BCUT2D eigenvalue weighted by molar-refractivity contribution is 7.94. The van der Waals surface area contributed by atoms with Crippen molar-refractivity contribution in [1.82, 2.24) is 9.13 Å². The molecule has 3 heterocycles. The minimum Gasteiger partial charge on any atom is -0.309 e. The zero-order valence-electron chi connectivity index (χ0n) is 26.4. The second-order valence-electron chi connectivity index (χ2n) is 12.4. The van der Waals surface area contributed by atoms with Gasteiger partial charge >= 0.3 is 0 Å². The normalized spacial score (nSPS) is 15.3. The van der Waals surface area contributed by atoms with E-state index in [2.05, 4.69) is 118 Å². The Labute approximate surface area is 284 Å². The predicted octanol–water partition coefficient (Wildman–Crippen LogP) is 11.6. The van der Waals surface area contributed by atoms with Crippen LogP contribution in [0.2, 0.25) is 0 Å². The van der Waals surface area contributed by atoms with Gasteiger partial charge in [0.1, 0.15) is 9.73 Å². The van der Waals surface area contributed by atoms with Gasteiger partial charge < -0.3 is 4.57 Å². The molecule has 232 valence electrons. The minimum absolute atomic E-state index is 0.710. The fourth-order valence-electron chi connectivity index (χ4n) is 7.53. The van der Waals surface area contributed by atoms with Gasteiger partial charge in [-0.3, -0.25) is 4.57 Å². The van der Waals surface area contributed by atoms with Crippen LogP contribution in [-0.4, -0.2) is 13.3 Å². The molecule has 0 radical (unpaired) electrons. The van der Waals surface area contributed by atoms with Gasteiger partial charge in [-0.2, -0.15) is 4.36 Å². The summed E-state index contributed by atoms with van der Waals surface area (Å²) in [6, 6.07) is 60.6. The molecule has 5 heteroatoms. The lowest BCUT2D eigenvalue weighted by molar-refractivity contribution is 0.676. The van der Waals surface area contributed by atoms with Crippen LogP contribution < -0.4 is 0 Å². The number of hydrogen-bond donors (Lipinski definition) is 0. The molecular weight excluding hydrogens is 619 g/mol. The maximum absolute atomic E-state index is 15.1. The summed E-state index contributed by atoms with van der Waals surface area (Å²) in [6.45, 7) is 0. The van der Waals surface area contributed by atoms with Gasteiger partial charge in [-0.15, -0.1) is 0 Å². The number of fused-ring (bicyclic) bond motifs is 8. The van der Waals surface area contributed by atoms with Crippen molar-refractivity contribution in [2.24, 2.45) is 4.36 Å². The first-order chi connectivity index (χ1) is 24.2. The van der Waals surface area contributed by atoms with Crippen molar-refractivity contribution in [2.45, 2.75) is 9.79 Å². The molecule has 2 aromatic heterocycles. The van der Waals surface area contributed by atoms with E-state index >= 15 is 4.21 Å². The zero-order valence-corrected chi connectivity index (χ0v) is 27.2. The molecule has 1 unspecified atom stereocenters. The highest BCUT2D eigenvalue weighted by Crippen LogP contribution is 2.51. The molecule has 9 aromatic rings. The molecule has 0 fully saturated rings. The van der Waals surface area contributed by atoms with Crippen LogP contribution in [0.5, 0.6) is 0 Å². The molecule has 1 aliphatic rings. The molecule has 0 aliphatic carbocycles.